The molecule has 5 nitrogen and oxygen atoms in total. The summed E-state index contributed by atoms with van der Waals surface area (Å²) in [5.41, 5.74) is 0. The number of rotatable bonds is 4. The summed E-state index contributed by atoms with van der Waals surface area (Å²) < 4.78 is 0. The van der Waals surface area contributed by atoms with E-state index < -0.39 is 0 Å². The SMILES string of the molecule is CNC(=O)C1CCCN(C(=O)CCC(C)=O)C1. The molecule has 1 fully saturated rings. The van der Waals surface area contributed by atoms with Gasteiger partial charge in [-0.15, -0.1) is 0 Å². The molecule has 0 radical (unpaired) electrons. The standard InChI is InChI=1S/C12H20N2O3/c1-9(15)5-6-11(16)14-7-3-4-10(8-14)12(17)13-2/h10H,3-8H2,1-2H3,(H,13,17). The van der Waals surface area contributed by atoms with E-state index in [2.05, 4.69) is 5.32 Å². The minimum atomic E-state index is -0.102. The molecule has 1 unspecified atom stereocenters. The summed E-state index contributed by atoms with van der Waals surface area (Å²) in [4.78, 5) is 35.8. The first-order valence-electron chi connectivity index (χ1n) is 6.03. The highest BCUT2D eigenvalue weighted by Crippen LogP contribution is 2.17. The zero-order chi connectivity index (χ0) is 12.8. The van der Waals surface area contributed by atoms with Crippen LogP contribution in [-0.2, 0) is 14.4 Å². The molecule has 17 heavy (non-hydrogen) atoms. The zero-order valence-corrected chi connectivity index (χ0v) is 10.5. The molecule has 2 amide bonds. The number of carbonyl (C=O) groups excluding carboxylic acids is 3. The highest BCUT2D eigenvalue weighted by atomic mass is 16.2. The molecule has 0 aromatic rings. The van der Waals surface area contributed by atoms with Gasteiger partial charge in [0.15, 0.2) is 0 Å². The van der Waals surface area contributed by atoms with E-state index in [1.807, 2.05) is 0 Å². The molecule has 1 aliphatic heterocycles. The average Bonchev–Trinajstić information content (AvgIpc) is 2.35. The van der Waals surface area contributed by atoms with Crippen LogP contribution in [0.5, 0.6) is 0 Å². The predicted octanol–water partition coefficient (Wildman–Crippen LogP) is 0.340. The topological polar surface area (TPSA) is 66.5 Å². The van der Waals surface area contributed by atoms with Gasteiger partial charge in [0.2, 0.25) is 11.8 Å². The molecule has 5 heteroatoms. The lowest BCUT2D eigenvalue weighted by Gasteiger charge is -2.31. The van der Waals surface area contributed by atoms with Crippen LogP contribution >= 0.6 is 0 Å². The van der Waals surface area contributed by atoms with E-state index in [9.17, 15) is 14.4 Å². The quantitative estimate of drug-likeness (QED) is 0.770. The first-order valence-corrected chi connectivity index (χ1v) is 6.03. The summed E-state index contributed by atoms with van der Waals surface area (Å²) >= 11 is 0. The second kappa shape index (κ2) is 6.37. The van der Waals surface area contributed by atoms with Crippen molar-refractivity contribution in [3.05, 3.63) is 0 Å². The van der Waals surface area contributed by atoms with Crippen LogP contribution in [0.4, 0.5) is 0 Å². The van der Waals surface area contributed by atoms with Gasteiger partial charge in [0.1, 0.15) is 5.78 Å². The number of ketones is 1. The molecule has 1 N–H and O–H groups in total. The third kappa shape index (κ3) is 4.17. The lowest BCUT2D eigenvalue weighted by Crippen LogP contribution is -2.44. The fraction of sp³-hybridized carbons (Fsp3) is 0.750. The minimum Gasteiger partial charge on any atom is -0.359 e. The highest BCUT2D eigenvalue weighted by Gasteiger charge is 2.27. The normalized spacial score (nSPS) is 19.9. The Labute approximate surface area is 102 Å². The maximum absolute atomic E-state index is 11.8. The van der Waals surface area contributed by atoms with E-state index in [1.165, 1.54) is 6.92 Å². The number of carbonyl (C=O) groups is 3. The van der Waals surface area contributed by atoms with Gasteiger partial charge in [0.05, 0.1) is 5.92 Å². The van der Waals surface area contributed by atoms with Crippen LogP contribution in [-0.4, -0.2) is 42.6 Å². The van der Waals surface area contributed by atoms with E-state index in [0.717, 1.165) is 12.8 Å². The molecular formula is C12H20N2O3. The Kier molecular flexibility index (Phi) is 5.12. The van der Waals surface area contributed by atoms with Crippen LogP contribution in [0.1, 0.15) is 32.6 Å². The van der Waals surface area contributed by atoms with Crippen molar-refractivity contribution >= 4 is 17.6 Å². The fourth-order valence-electron chi connectivity index (χ4n) is 2.06. The molecular weight excluding hydrogens is 220 g/mol. The van der Waals surface area contributed by atoms with Gasteiger partial charge in [-0.1, -0.05) is 0 Å². The van der Waals surface area contributed by atoms with Gasteiger partial charge < -0.3 is 15.0 Å². The Morgan fingerprint density at radius 3 is 2.59 bits per heavy atom. The van der Waals surface area contributed by atoms with Crippen LogP contribution < -0.4 is 5.32 Å². The van der Waals surface area contributed by atoms with Gasteiger partial charge in [-0.25, -0.2) is 0 Å². The highest BCUT2D eigenvalue weighted by molar-refractivity contribution is 5.84. The fourth-order valence-corrected chi connectivity index (χ4v) is 2.06. The molecule has 1 rings (SSSR count). The Morgan fingerprint density at radius 1 is 1.29 bits per heavy atom. The maximum Gasteiger partial charge on any atom is 0.224 e. The molecule has 1 atom stereocenters. The number of likely N-dealkylation sites (tertiary alicyclic amines) is 1. The Balaban J connectivity index is 2.45. The van der Waals surface area contributed by atoms with E-state index in [-0.39, 0.29) is 29.9 Å². The average molecular weight is 240 g/mol. The summed E-state index contributed by atoms with van der Waals surface area (Å²) in [5.74, 6) is -0.101. The number of nitrogens with zero attached hydrogens (tertiary/aromatic N) is 1. The van der Waals surface area contributed by atoms with Crippen LogP contribution in [0.3, 0.4) is 0 Å². The first kappa shape index (κ1) is 13.7. The lowest BCUT2D eigenvalue weighted by atomic mass is 9.97. The van der Waals surface area contributed by atoms with Crippen LogP contribution in [0.25, 0.3) is 0 Å². The maximum atomic E-state index is 11.8. The van der Waals surface area contributed by atoms with Gasteiger partial charge in [0, 0.05) is 33.0 Å². The third-order valence-corrected chi connectivity index (χ3v) is 3.08. The van der Waals surface area contributed by atoms with Crippen LogP contribution in [0, 0.1) is 5.92 Å². The second-order valence-corrected chi connectivity index (χ2v) is 4.50. The number of piperidine rings is 1. The summed E-state index contributed by atoms with van der Waals surface area (Å²) in [5, 5.41) is 2.61. The van der Waals surface area contributed by atoms with Crippen molar-refractivity contribution in [2.75, 3.05) is 20.1 Å². The Hall–Kier alpha value is -1.39. The molecule has 0 aromatic heterocycles. The number of amides is 2. The molecule has 1 aliphatic rings. The number of Topliss-reactive ketones (excluding diaryl/α,β-unsaturated/α-hetero) is 1. The van der Waals surface area contributed by atoms with Gasteiger partial charge in [-0.05, 0) is 19.8 Å². The molecule has 96 valence electrons. The first-order chi connectivity index (χ1) is 8.04. The summed E-state index contributed by atoms with van der Waals surface area (Å²) in [6.07, 6.45) is 2.23. The Morgan fingerprint density at radius 2 is 2.00 bits per heavy atom. The summed E-state index contributed by atoms with van der Waals surface area (Å²) in [7, 11) is 1.61. The number of nitrogens with one attached hydrogen (secondary N) is 1. The van der Waals surface area contributed by atoms with Crippen molar-refractivity contribution < 1.29 is 14.4 Å². The van der Waals surface area contributed by atoms with Crippen molar-refractivity contribution in [3.8, 4) is 0 Å². The van der Waals surface area contributed by atoms with E-state index in [4.69, 9.17) is 0 Å². The molecule has 0 bridgehead atoms. The number of hydrogen-bond donors (Lipinski definition) is 1. The summed E-state index contributed by atoms with van der Waals surface area (Å²) in [6.45, 7) is 2.66. The largest absolute Gasteiger partial charge is 0.359 e. The summed E-state index contributed by atoms with van der Waals surface area (Å²) in [6, 6.07) is 0. The molecule has 1 saturated heterocycles. The zero-order valence-electron chi connectivity index (χ0n) is 10.5. The van der Waals surface area contributed by atoms with Gasteiger partial charge in [-0.2, -0.15) is 0 Å². The van der Waals surface area contributed by atoms with Gasteiger partial charge in [-0.3, -0.25) is 9.59 Å². The van der Waals surface area contributed by atoms with E-state index in [1.54, 1.807) is 11.9 Å². The molecule has 0 aliphatic carbocycles. The minimum absolute atomic E-state index is 0.00549. The van der Waals surface area contributed by atoms with Crippen LogP contribution in [0.2, 0.25) is 0 Å². The van der Waals surface area contributed by atoms with Crippen LogP contribution in [0.15, 0.2) is 0 Å². The van der Waals surface area contributed by atoms with Crippen molar-refractivity contribution in [1.29, 1.82) is 0 Å². The molecule has 1 heterocycles. The van der Waals surface area contributed by atoms with Gasteiger partial charge >= 0.3 is 0 Å². The molecule has 0 spiro atoms. The van der Waals surface area contributed by atoms with E-state index >= 15 is 0 Å². The van der Waals surface area contributed by atoms with Gasteiger partial charge in [0.25, 0.3) is 0 Å². The third-order valence-electron chi connectivity index (χ3n) is 3.08. The monoisotopic (exact) mass is 240 g/mol. The van der Waals surface area contributed by atoms with Crippen molar-refractivity contribution in [3.63, 3.8) is 0 Å². The number of hydrogen-bond acceptors (Lipinski definition) is 3. The van der Waals surface area contributed by atoms with E-state index in [0.29, 0.717) is 19.5 Å². The Bertz CT molecular complexity index is 315. The van der Waals surface area contributed by atoms with Crippen molar-refractivity contribution in [1.82, 2.24) is 10.2 Å². The van der Waals surface area contributed by atoms with Crippen molar-refractivity contribution in [2.45, 2.75) is 32.6 Å². The lowest BCUT2D eigenvalue weighted by molar-refractivity contribution is -0.136. The molecule has 0 saturated carbocycles. The van der Waals surface area contributed by atoms with Crippen molar-refractivity contribution in [2.24, 2.45) is 5.92 Å². The second-order valence-electron chi connectivity index (χ2n) is 4.50. The molecule has 0 aromatic carbocycles. The predicted molar refractivity (Wildman–Crippen MR) is 63.3 cm³/mol. The smallest absolute Gasteiger partial charge is 0.224 e.